The molecule has 136 valence electrons. The largest absolute Gasteiger partial charge is 0.488 e. The number of piperazine rings is 1. The fourth-order valence-corrected chi connectivity index (χ4v) is 3.03. The van der Waals surface area contributed by atoms with Gasteiger partial charge in [-0.15, -0.1) is 0 Å². The molecule has 0 spiro atoms. The highest BCUT2D eigenvalue weighted by Gasteiger charge is 2.25. The van der Waals surface area contributed by atoms with Gasteiger partial charge in [-0.3, -0.25) is 9.59 Å². The number of amides is 2. The molecule has 0 atom stereocenters. The molecular formula is C20H21ClN2O3. The first-order chi connectivity index (χ1) is 12.5. The van der Waals surface area contributed by atoms with Crippen LogP contribution in [0.2, 0.25) is 5.02 Å². The molecule has 0 aliphatic carbocycles. The minimum Gasteiger partial charge on any atom is -0.488 e. The van der Waals surface area contributed by atoms with Crippen LogP contribution in [0.1, 0.15) is 22.8 Å². The van der Waals surface area contributed by atoms with Crippen LogP contribution in [0.15, 0.2) is 48.5 Å². The third kappa shape index (κ3) is 4.35. The molecule has 5 nitrogen and oxygen atoms in total. The van der Waals surface area contributed by atoms with Gasteiger partial charge in [0.05, 0.1) is 5.56 Å². The number of halogens is 1. The average Bonchev–Trinajstić information content (AvgIpc) is 2.67. The van der Waals surface area contributed by atoms with Crippen LogP contribution >= 0.6 is 11.6 Å². The van der Waals surface area contributed by atoms with Gasteiger partial charge in [-0.05, 0) is 29.8 Å². The van der Waals surface area contributed by atoms with E-state index in [2.05, 4.69) is 0 Å². The van der Waals surface area contributed by atoms with Crippen molar-refractivity contribution >= 4 is 23.4 Å². The Morgan fingerprint density at radius 2 is 1.58 bits per heavy atom. The van der Waals surface area contributed by atoms with Crippen molar-refractivity contribution in [3.63, 3.8) is 0 Å². The van der Waals surface area contributed by atoms with Gasteiger partial charge in [-0.25, -0.2) is 0 Å². The highest BCUT2D eigenvalue weighted by atomic mass is 35.5. The number of nitrogens with zero attached hydrogens (tertiary/aromatic N) is 2. The molecule has 0 unspecified atom stereocenters. The Morgan fingerprint density at radius 3 is 2.23 bits per heavy atom. The standard InChI is InChI=1S/C20H21ClN2O3/c1-15(24)22-10-12-23(13-11-22)20(25)18-4-2-3-5-19(18)26-14-16-6-8-17(21)9-7-16/h2-9H,10-14H2,1H3. The van der Waals surface area contributed by atoms with Gasteiger partial charge in [0, 0.05) is 38.1 Å². The van der Waals surface area contributed by atoms with E-state index in [0.29, 0.717) is 49.1 Å². The Bertz CT molecular complexity index is 784. The molecule has 2 amide bonds. The van der Waals surface area contributed by atoms with Crippen molar-refractivity contribution in [1.82, 2.24) is 9.80 Å². The zero-order chi connectivity index (χ0) is 18.5. The number of hydrogen-bond acceptors (Lipinski definition) is 3. The molecule has 2 aromatic carbocycles. The molecule has 0 bridgehead atoms. The molecular weight excluding hydrogens is 352 g/mol. The van der Waals surface area contributed by atoms with E-state index in [9.17, 15) is 9.59 Å². The van der Waals surface area contributed by atoms with Crippen LogP contribution in [0.25, 0.3) is 0 Å². The summed E-state index contributed by atoms with van der Waals surface area (Å²) in [6.45, 7) is 4.11. The molecule has 3 rings (SSSR count). The van der Waals surface area contributed by atoms with E-state index in [0.717, 1.165) is 5.56 Å². The molecule has 1 fully saturated rings. The maximum atomic E-state index is 12.9. The van der Waals surface area contributed by atoms with Gasteiger partial charge in [-0.2, -0.15) is 0 Å². The molecule has 1 heterocycles. The van der Waals surface area contributed by atoms with Crippen LogP contribution in [0.3, 0.4) is 0 Å². The predicted molar refractivity (Wildman–Crippen MR) is 100 cm³/mol. The van der Waals surface area contributed by atoms with Crippen LogP contribution in [0, 0.1) is 0 Å². The monoisotopic (exact) mass is 372 g/mol. The molecule has 1 aliphatic heterocycles. The second-order valence-corrected chi connectivity index (χ2v) is 6.65. The zero-order valence-electron chi connectivity index (χ0n) is 14.7. The Balaban J connectivity index is 1.67. The van der Waals surface area contributed by atoms with Gasteiger partial charge in [0.2, 0.25) is 5.91 Å². The lowest BCUT2D eigenvalue weighted by molar-refractivity contribution is -0.130. The van der Waals surface area contributed by atoms with Crippen LogP contribution in [-0.2, 0) is 11.4 Å². The first-order valence-corrected chi connectivity index (χ1v) is 8.93. The zero-order valence-corrected chi connectivity index (χ0v) is 15.4. The number of carbonyl (C=O) groups is 2. The van der Waals surface area contributed by atoms with Crippen LogP contribution in [0.4, 0.5) is 0 Å². The van der Waals surface area contributed by atoms with E-state index in [1.165, 1.54) is 0 Å². The van der Waals surface area contributed by atoms with Crippen molar-refractivity contribution in [2.24, 2.45) is 0 Å². The second-order valence-electron chi connectivity index (χ2n) is 6.21. The van der Waals surface area contributed by atoms with Gasteiger partial charge in [0.25, 0.3) is 5.91 Å². The van der Waals surface area contributed by atoms with Gasteiger partial charge >= 0.3 is 0 Å². The van der Waals surface area contributed by atoms with E-state index in [1.54, 1.807) is 28.9 Å². The summed E-state index contributed by atoms with van der Waals surface area (Å²) in [6, 6.07) is 14.7. The third-order valence-electron chi connectivity index (χ3n) is 4.44. The maximum absolute atomic E-state index is 12.9. The Labute approximate surface area is 158 Å². The minimum atomic E-state index is -0.0695. The minimum absolute atomic E-state index is 0.0452. The predicted octanol–water partition coefficient (Wildman–Crippen LogP) is 3.22. The molecule has 1 aliphatic rings. The summed E-state index contributed by atoms with van der Waals surface area (Å²) in [7, 11) is 0. The summed E-state index contributed by atoms with van der Waals surface area (Å²) >= 11 is 5.90. The Hall–Kier alpha value is -2.53. The Kier molecular flexibility index (Phi) is 5.78. The van der Waals surface area contributed by atoms with E-state index >= 15 is 0 Å². The van der Waals surface area contributed by atoms with Crippen molar-refractivity contribution in [2.75, 3.05) is 26.2 Å². The summed E-state index contributed by atoms with van der Waals surface area (Å²) < 4.78 is 5.88. The summed E-state index contributed by atoms with van der Waals surface area (Å²) in [5.74, 6) is 0.533. The molecule has 2 aromatic rings. The SMILES string of the molecule is CC(=O)N1CCN(C(=O)c2ccccc2OCc2ccc(Cl)cc2)CC1. The lowest BCUT2D eigenvalue weighted by Crippen LogP contribution is -2.50. The van der Waals surface area contributed by atoms with Crippen molar-refractivity contribution in [2.45, 2.75) is 13.5 Å². The molecule has 0 N–H and O–H groups in total. The maximum Gasteiger partial charge on any atom is 0.257 e. The van der Waals surface area contributed by atoms with Gasteiger partial charge in [0.15, 0.2) is 0 Å². The lowest BCUT2D eigenvalue weighted by Gasteiger charge is -2.34. The molecule has 0 radical (unpaired) electrons. The molecule has 1 saturated heterocycles. The van der Waals surface area contributed by atoms with Gasteiger partial charge in [-0.1, -0.05) is 35.9 Å². The van der Waals surface area contributed by atoms with Crippen molar-refractivity contribution in [3.05, 3.63) is 64.7 Å². The van der Waals surface area contributed by atoms with E-state index in [-0.39, 0.29) is 11.8 Å². The number of para-hydroxylation sites is 1. The lowest BCUT2D eigenvalue weighted by atomic mass is 10.1. The number of carbonyl (C=O) groups excluding carboxylic acids is 2. The van der Waals surface area contributed by atoms with Gasteiger partial charge in [0.1, 0.15) is 12.4 Å². The van der Waals surface area contributed by atoms with Crippen molar-refractivity contribution in [3.8, 4) is 5.75 Å². The van der Waals surface area contributed by atoms with Gasteiger partial charge < -0.3 is 14.5 Å². The number of ether oxygens (including phenoxy) is 1. The van der Waals surface area contributed by atoms with E-state index in [1.807, 2.05) is 36.4 Å². The second kappa shape index (κ2) is 8.23. The van der Waals surface area contributed by atoms with Crippen molar-refractivity contribution in [1.29, 1.82) is 0 Å². The average molecular weight is 373 g/mol. The first kappa shape index (κ1) is 18.3. The van der Waals surface area contributed by atoms with Crippen LogP contribution in [0.5, 0.6) is 5.75 Å². The fraction of sp³-hybridized carbons (Fsp3) is 0.300. The number of hydrogen-bond donors (Lipinski definition) is 0. The van der Waals surface area contributed by atoms with Crippen LogP contribution in [-0.4, -0.2) is 47.8 Å². The highest BCUT2D eigenvalue weighted by molar-refractivity contribution is 6.30. The van der Waals surface area contributed by atoms with E-state index < -0.39 is 0 Å². The smallest absolute Gasteiger partial charge is 0.257 e. The highest BCUT2D eigenvalue weighted by Crippen LogP contribution is 2.22. The summed E-state index contributed by atoms with van der Waals surface area (Å²) in [5, 5.41) is 0.675. The molecule has 0 saturated carbocycles. The van der Waals surface area contributed by atoms with Crippen LogP contribution < -0.4 is 4.74 Å². The third-order valence-corrected chi connectivity index (χ3v) is 4.69. The van der Waals surface area contributed by atoms with E-state index in [4.69, 9.17) is 16.3 Å². The molecule has 26 heavy (non-hydrogen) atoms. The normalized spacial score (nSPS) is 14.2. The Morgan fingerprint density at radius 1 is 0.962 bits per heavy atom. The number of rotatable bonds is 4. The molecule has 0 aromatic heterocycles. The topological polar surface area (TPSA) is 49.9 Å². The number of benzene rings is 2. The quantitative estimate of drug-likeness (QED) is 0.828. The summed E-state index contributed by atoms with van der Waals surface area (Å²) in [4.78, 5) is 27.8. The van der Waals surface area contributed by atoms with Crippen molar-refractivity contribution < 1.29 is 14.3 Å². The summed E-state index contributed by atoms with van der Waals surface area (Å²) in [5.41, 5.74) is 1.52. The summed E-state index contributed by atoms with van der Waals surface area (Å²) in [6.07, 6.45) is 0. The fourth-order valence-electron chi connectivity index (χ4n) is 2.91. The molecule has 6 heteroatoms. The first-order valence-electron chi connectivity index (χ1n) is 8.55.